The normalized spacial score (nSPS) is 13.2. The minimum Gasteiger partial charge on any atom is -0.495 e. The lowest BCUT2D eigenvalue weighted by atomic mass is 10.0. The van der Waals surface area contributed by atoms with Crippen molar-refractivity contribution in [1.82, 2.24) is 0 Å². The van der Waals surface area contributed by atoms with E-state index in [1.54, 1.807) is 25.1 Å². The standard InChI is InChI=1S/C14H17ClO5/c1-8(19-9(2)16)14(20-10(3)17)11-5-6-13(18-4)12(15)7-11/h5-8,14H,1-4H3/t8-,14-/m0/s1. The van der Waals surface area contributed by atoms with Crippen LogP contribution in [0.25, 0.3) is 0 Å². The second-order valence-electron chi connectivity index (χ2n) is 4.24. The third kappa shape index (κ3) is 4.42. The van der Waals surface area contributed by atoms with Crippen LogP contribution in [0.5, 0.6) is 5.75 Å². The van der Waals surface area contributed by atoms with Crippen molar-refractivity contribution in [2.45, 2.75) is 33.0 Å². The van der Waals surface area contributed by atoms with E-state index in [9.17, 15) is 9.59 Å². The van der Waals surface area contributed by atoms with Gasteiger partial charge in [-0.05, 0) is 24.6 Å². The van der Waals surface area contributed by atoms with Gasteiger partial charge in [-0.1, -0.05) is 17.7 Å². The highest BCUT2D eigenvalue weighted by Gasteiger charge is 2.25. The number of halogens is 1. The van der Waals surface area contributed by atoms with Crippen LogP contribution < -0.4 is 4.74 Å². The van der Waals surface area contributed by atoms with Crippen LogP contribution >= 0.6 is 11.6 Å². The summed E-state index contributed by atoms with van der Waals surface area (Å²) in [5, 5.41) is 0.386. The van der Waals surface area contributed by atoms with Crippen molar-refractivity contribution in [1.29, 1.82) is 0 Å². The van der Waals surface area contributed by atoms with Gasteiger partial charge in [-0.3, -0.25) is 9.59 Å². The van der Waals surface area contributed by atoms with Crippen molar-refractivity contribution in [3.63, 3.8) is 0 Å². The van der Waals surface area contributed by atoms with Crippen molar-refractivity contribution < 1.29 is 23.8 Å². The molecule has 0 radical (unpaired) electrons. The van der Waals surface area contributed by atoms with E-state index in [2.05, 4.69) is 0 Å². The monoisotopic (exact) mass is 300 g/mol. The quantitative estimate of drug-likeness (QED) is 0.782. The molecule has 0 unspecified atom stereocenters. The second kappa shape index (κ2) is 7.14. The average Bonchev–Trinajstić information content (AvgIpc) is 2.34. The van der Waals surface area contributed by atoms with Crippen LogP contribution in [0.15, 0.2) is 18.2 Å². The Kier molecular flexibility index (Phi) is 5.82. The average molecular weight is 301 g/mol. The number of ether oxygens (including phenoxy) is 3. The van der Waals surface area contributed by atoms with Crippen molar-refractivity contribution in [3.8, 4) is 5.75 Å². The summed E-state index contributed by atoms with van der Waals surface area (Å²) >= 11 is 6.05. The van der Waals surface area contributed by atoms with Gasteiger partial charge in [0.05, 0.1) is 12.1 Å². The molecule has 0 aliphatic heterocycles. The predicted octanol–water partition coefficient (Wildman–Crippen LogP) is 2.90. The number of hydrogen-bond donors (Lipinski definition) is 0. The van der Waals surface area contributed by atoms with Crippen molar-refractivity contribution in [3.05, 3.63) is 28.8 Å². The van der Waals surface area contributed by atoms with Gasteiger partial charge in [0.15, 0.2) is 6.10 Å². The fourth-order valence-electron chi connectivity index (χ4n) is 1.80. The summed E-state index contributed by atoms with van der Waals surface area (Å²) in [5.41, 5.74) is 0.625. The van der Waals surface area contributed by atoms with Crippen LogP contribution in [-0.4, -0.2) is 25.2 Å². The molecule has 0 fully saturated rings. The first-order chi connectivity index (χ1) is 9.35. The molecule has 0 saturated heterocycles. The smallest absolute Gasteiger partial charge is 0.303 e. The Morgan fingerprint density at radius 2 is 1.75 bits per heavy atom. The third-order valence-corrected chi connectivity index (χ3v) is 2.87. The number of carbonyl (C=O) groups excluding carboxylic acids is 2. The van der Waals surface area contributed by atoms with Gasteiger partial charge in [0.2, 0.25) is 0 Å². The number of carbonyl (C=O) groups is 2. The van der Waals surface area contributed by atoms with Gasteiger partial charge < -0.3 is 14.2 Å². The zero-order chi connectivity index (χ0) is 15.3. The number of rotatable bonds is 5. The largest absolute Gasteiger partial charge is 0.495 e. The minimum atomic E-state index is -0.722. The van der Waals surface area contributed by atoms with E-state index in [1.807, 2.05) is 0 Å². The summed E-state index contributed by atoms with van der Waals surface area (Å²) in [6.45, 7) is 4.23. The second-order valence-corrected chi connectivity index (χ2v) is 4.65. The minimum absolute atomic E-state index is 0.386. The molecule has 0 saturated carbocycles. The fraction of sp³-hybridized carbons (Fsp3) is 0.429. The number of esters is 2. The van der Waals surface area contributed by atoms with Crippen LogP contribution in [0.2, 0.25) is 5.02 Å². The molecular weight excluding hydrogens is 284 g/mol. The Hall–Kier alpha value is -1.75. The van der Waals surface area contributed by atoms with Gasteiger partial charge in [-0.15, -0.1) is 0 Å². The molecule has 0 aromatic heterocycles. The fourth-order valence-corrected chi connectivity index (χ4v) is 2.06. The molecule has 1 rings (SSSR count). The summed E-state index contributed by atoms with van der Waals surface area (Å²) in [6, 6.07) is 4.99. The first-order valence-electron chi connectivity index (χ1n) is 6.03. The Balaban J connectivity index is 3.06. The van der Waals surface area contributed by atoms with Crippen LogP contribution in [0.3, 0.4) is 0 Å². The zero-order valence-corrected chi connectivity index (χ0v) is 12.6. The Bertz CT molecular complexity index is 500. The highest BCUT2D eigenvalue weighted by molar-refractivity contribution is 6.32. The van der Waals surface area contributed by atoms with E-state index < -0.39 is 24.1 Å². The van der Waals surface area contributed by atoms with Gasteiger partial charge >= 0.3 is 11.9 Å². The van der Waals surface area contributed by atoms with Gasteiger partial charge in [0.1, 0.15) is 11.9 Å². The van der Waals surface area contributed by atoms with E-state index in [0.29, 0.717) is 16.3 Å². The molecule has 0 heterocycles. The van der Waals surface area contributed by atoms with Crippen molar-refractivity contribution in [2.75, 3.05) is 7.11 Å². The van der Waals surface area contributed by atoms with Crippen LogP contribution in [0, 0.1) is 0 Å². The maximum absolute atomic E-state index is 11.2. The molecule has 0 aliphatic rings. The summed E-state index contributed by atoms with van der Waals surface area (Å²) in [7, 11) is 1.51. The van der Waals surface area contributed by atoms with E-state index in [0.717, 1.165) is 0 Å². The van der Waals surface area contributed by atoms with E-state index >= 15 is 0 Å². The first kappa shape index (κ1) is 16.3. The topological polar surface area (TPSA) is 61.8 Å². The van der Waals surface area contributed by atoms with Crippen LogP contribution in [0.4, 0.5) is 0 Å². The molecular formula is C14H17ClO5. The summed E-state index contributed by atoms with van der Waals surface area (Å²) in [6.07, 6.45) is -1.35. The highest BCUT2D eigenvalue weighted by Crippen LogP contribution is 2.31. The van der Waals surface area contributed by atoms with Gasteiger partial charge in [-0.2, -0.15) is 0 Å². The molecule has 0 N–H and O–H groups in total. The van der Waals surface area contributed by atoms with Crippen molar-refractivity contribution in [2.24, 2.45) is 0 Å². The maximum Gasteiger partial charge on any atom is 0.303 e. The molecule has 5 nitrogen and oxygen atoms in total. The first-order valence-corrected chi connectivity index (χ1v) is 6.40. The van der Waals surface area contributed by atoms with Crippen LogP contribution in [-0.2, 0) is 19.1 Å². The Labute approximate surface area is 122 Å². The molecule has 1 aromatic carbocycles. The lowest BCUT2D eigenvalue weighted by Gasteiger charge is -2.24. The molecule has 20 heavy (non-hydrogen) atoms. The van der Waals surface area contributed by atoms with Crippen molar-refractivity contribution >= 4 is 23.5 Å². The third-order valence-electron chi connectivity index (χ3n) is 2.58. The van der Waals surface area contributed by atoms with E-state index in [4.69, 9.17) is 25.8 Å². The molecule has 6 heteroatoms. The summed E-state index contributed by atoms with van der Waals surface area (Å²) in [5.74, 6) is -0.410. The number of hydrogen-bond acceptors (Lipinski definition) is 5. The lowest BCUT2D eigenvalue weighted by molar-refractivity contribution is -0.164. The SMILES string of the molecule is COc1ccc([C@@H](OC(C)=O)[C@H](C)OC(C)=O)cc1Cl. The molecule has 0 bridgehead atoms. The molecule has 0 amide bonds. The van der Waals surface area contributed by atoms with E-state index in [1.165, 1.54) is 21.0 Å². The Morgan fingerprint density at radius 3 is 2.20 bits per heavy atom. The highest BCUT2D eigenvalue weighted by atomic mass is 35.5. The molecule has 0 aliphatic carbocycles. The summed E-state index contributed by atoms with van der Waals surface area (Å²) < 4.78 is 15.3. The van der Waals surface area contributed by atoms with Crippen LogP contribution in [0.1, 0.15) is 32.4 Å². The number of benzene rings is 1. The molecule has 0 spiro atoms. The summed E-state index contributed by atoms with van der Waals surface area (Å²) in [4.78, 5) is 22.2. The molecule has 2 atom stereocenters. The Morgan fingerprint density at radius 1 is 1.15 bits per heavy atom. The number of methoxy groups -OCH3 is 1. The van der Waals surface area contributed by atoms with Gasteiger partial charge in [0.25, 0.3) is 0 Å². The van der Waals surface area contributed by atoms with Gasteiger partial charge in [-0.25, -0.2) is 0 Å². The van der Waals surface area contributed by atoms with E-state index in [-0.39, 0.29) is 0 Å². The van der Waals surface area contributed by atoms with Gasteiger partial charge in [0, 0.05) is 13.8 Å². The predicted molar refractivity (Wildman–Crippen MR) is 73.7 cm³/mol. The molecule has 1 aromatic rings. The zero-order valence-electron chi connectivity index (χ0n) is 11.8. The molecule has 110 valence electrons. The maximum atomic E-state index is 11.2. The lowest BCUT2D eigenvalue weighted by Crippen LogP contribution is -2.25.